The number of methoxy groups -OCH3 is 1. The molecule has 0 radical (unpaired) electrons. The molecule has 0 heterocycles. The van der Waals surface area contributed by atoms with Crippen LogP contribution in [0.1, 0.15) is 13.8 Å². The zero-order chi connectivity index (χ0) is 13.6. The molecule has 0 saturated heterocycles. The fraction of sp³-hybridized carbons (Fsp3) is 0.818. The first-order valence-electron chi connectivity index (χ1n) is 5.47. The van der Waals surface area contributed by atoms with Crippen molar-refractivity contribution in [2.45, 2.75) is 19.4 Å². The van der Waals surface area contributed by atoms with E-state index in [1.165, 1.54) is 9.80 Å². The van der Waals surface area contributed by atoms with Gasteiger partial charge in [-0.15, -0.1) is 0 Å². The lowest BCUT2D eigenvalue weighted by molar-refractivity contribution is -0.142. The van der Waals surface area contributed by atoms with Gasteiger partial charge in [-0.05, 0) is 13.8 Å². The molecule has 0 aromatic rings. The van der Waals surface area contributed by atoms with Crippen LogP contribution in [0.15, 0.2) is 0 Å². The van der Waals surface area contributed by atoms with Crippen LogP contribution in [0.2, 0.25) is 0 Å². The zero-order valence-electron chi connectivity index (χ0n) is 11.3. The molecule has 0 aromatic carbocycles. The molecule has 0 rings (SSSR count). The molecule has 2 N–H and O–H groups in total. The molecule has 0 bridgehead atoms. The Morgan fingerprint density at radius 1 is 1.29 bits per heavy atom. The minimum absolute atomic E-state index is 0.0236. The van der Waals surface area contributed by atoms with Crippen molar-refractivity contribution < 1.29 is 14.3 Å². The summed E-state index contributed by atoms with van der Waals surface area (Å²) in [6, 6.07) is 0. The SMILES string of the molecule is COCCN(CC(=O)N(C)C)C(=O)C(C)(C)N. The van der Waals surface area contributed by atoms with Crippen molar-refractivity contribution in [3.63, 3.8) is 0 Å². The lowest BCUT2D eigenvalue weighted by Gasteiger charge is -2.29. The summed E-state index contributed by atoms with van der Waals surface area (Å²) in [4.78, 5) is 26.5. The molecule has 0 unspecified atom stereocenters. The van der Waals surface area contributed by atoms with Crippen LogP contribution >= 0.6 is 0 Å². The predicted molar refractivity (Wildman–Crippen MR) is 65.4 cm³/mol. The average molecular weight is 245 g/mol. The molecule has 6 nitrogen and oxygen atoms in total. The molecule has 0 aliphatic carbocycles. The molecule has 2 amide bonds. The van der Waals surface area contributed by atoms with E-state index in [2.05, 4.69) is 0 Å². The van der Waals surface area contributed by atoms with Crippen LogP contribution in [0.4, 0.5) is 0 Å². The van der Waals surface area contributed by atoms with Crippen molar-refractivity contribution in [1.29, 1.82) is 0 Å². The van der Waals surface area contributed by atoms with Crippen molar-refractivity contribution in [3.8, 4) is 0 Å². The lowest BCUT2D eigenvalue weighted by Crippen LogP contribution is -2.54. The Balaban J connectivity index is 4.65. The van der Waals surface area contributed by atoms with E-state index >= 15 is 0 Å². The summed E-state index contributed by atoms with van der Waals surface area (Å²) in [6.45, 7) is 4.00. The fourth-order valence-corrected chi connectivity index (χ4v) is 1.17. The highest BCUT2D eigenvalue weighted by Crippen LogP contribution is 2.05. The Labute approximate surface area is 103 Å². The van der Waals surface area contributed by atoms with Gasteiger partial charge >= 0.3 is 0 Å². The van der Waals surface area contributed by atoms with Gasteiger partial charge in [0.25, 0.3) is 0 Å². The monoisotopic (exact) mass is 245 g/mol. The summed E-state index contributed by atoms with van der Waals surface area (Å²) in [5.41, 5.74) is 4.76. The van der Waals surface area contributed by atoms with E-state index in [0.29, 0.717) is 13.2 Å². The van der Waals surface area contributed by atoms with E-state index in [1.807, 2.05) is 0 Å². The number of likely N-dealkylation sites (N-methyl/N-ethyl adjacent to an activating group) is 1. The maximum Gasteiger partial charge on any atom is 0.242 e. The smallest absolute Gasteiger partial charge is 0.242 e. The third kappa shape index (κ3) is 5.65. The number of carbonyl (C=O) groups is 2. The number of hydrogen-bond acceptors (Lipinski definition) is 4. The molecule has 0 spiro atoms. The summed E-state index contributed by atoms with van der Waals surface area (Å²) in [5.74, 6) is -0.400. The van der Waals surface area contributed by atoms with Crippen LogP contribution < -0.4 is 5.73 Å². The van der Waals surface area contributed by atoms with Crippen molar-refractivity contribution in [1.82, 2.24) is 9.80 Å². The van der Waals surface area contributed by atoms with Crippen LogP contribution in [-0.4, -0.2) is 68.1 Å². The van der Waals surface area contributed by atoms with Crippen LogP contribution in [0.3, 0.4) is 0 Å². The number of nitrogens with zero attached hydrogens (tertiary/aromatic N) is 2. The van der Waals surface area contributed by atoms with E-state index in [0.717, 1.165) is 0 Å². The molecular weight excluding hydrogens is 222 g/mol. The molecular formula is C11H23N3O3. The quantitative estimate of drug-likeness (QED) is 0.670. The summed E-state index contributed by atoms with van der Waals surface area (Å²) in [5, 5.41) is 0. The van der Waals surface area contributed by atoms with E-state index in [9.17, 15) is 9.59 Å². The van der Waals surface area contributed by atoms with Gasteiger partial charge in [0, 0.05) is 27.7 Å². The number of nitrogens with two attached hydrogens (primary N) is 1. The number of ether oxygens (including phenoxy) is 1. The first-order chi connectivity index (χ1) is 7.70. The summed E-state index contributed by atoms with van der Waals surface area (Å²) >= 11 is 0. The zero-order valence-corrected chi connectivity index (χ0v) is 11.3. The van der Waals surface area contributed by atoms with Crippen molar-refractivity contribution in [2.24, 2.45) is 5.73 Å². The van der Waals surface area contributed by atoms with Crippen LogP contribution in [0.25, 0.3) is 0 Å². The van der Waals surface area contributed by atoms with Crippen molar-refractivity contribution in [3.05, 3.63) is 0 Å². The largest absolute Gasteiger partial charge is 0.383 e. The second-order valence-corrected chi connectivity index (χ2v) is 4.73. The first kappa shape index (κ1) is 15.9. The molecule has 0 atom stereocenters. The number of carbonyl (C=O) groups excluding carboxylic acids is 2. The normalized spacial score (nSPS) is 11.2. The topological polar surface area (TPSA) is 75.9 Å². The Morgan fingerprint density at radius 3 is 2.18 bits per heavy atom. The van der Waals surface area contributed by atoms with Crippen LogP contribution in [0, 0.1) is 0 Å². The van der Waals surface area contributed by atoms with Gasteiger partial charge in [-0.25, -0.2) is 0 Å². The lowest BCUT2D eigenvalue weighted by atomic mass is 10.1. The average Bonchev–Trinajstić information content (AvgIpc) is 2.21. The Morgan fingerprint density at radius 2 is 1.82 bits per heavy atom. The second kappa shape index (κ2) is 6.56. The minimum atomic E-state index is -0.986. The van der Waals surface area contributed by atoms with Crippen molar-refractivity contribution >= 4 is 11.8 Å². The summed E-state index contributed by atoms with van der Waals surface area (Å²) < 4.78 is 4.92. The third-order valence-electron chi connectivity index (χ3n) is 2.23. The van der Waals surface area contributed by atoms with Gasteiger partial charge in [-0.3, -0.25) is 9.59 Å². The molecule has 0 fully saturated rings. The molecule has 0 aromatic heterocycles. The molecule has 100 valence electrons. The highest BCUT2D eigenvalue weighted by Gasteiger charge is 2.29. The van der Waals surface area contributed by atoms with Gasteiger partial charge in [-0.2, -0.15) is 0 Å². The van der Waals surface area contributed by atoms with E-state index in [1.54, 1.807) is 35.1 Å². The number of amides is 2. The van der Waals surface area contributed by atoms with Gasteiger partial charge in [-0.1, -0.05) is 0 Å². The molecule has 0 aliphatic heterocycles. The summed E-state index contributed by atoms with van der Waals surface area (Å²) in [7, 11) is 4.84. The number of hydrogen-bond donors (Lipinski definition) is 1. The highest BCUT2D eigenvalue weighted by atomic mass is 16.5. The van der Waals surface area contributed by atoms with Gasteiger partial charge in [0.1, 0.15) is 0 Å². The standard InChI is InChI=1S/C11H23N3O3/c1-11(2,12)10(16)14(6-7-17-5)8-9(15)13(3)4/h6-8,12H2,1-5H3. The van der Waals surface area contributed by atoms with Gasteiger partial charge in [0.2, 0.25) is 11.8 Å². The van der Waals surface area contributed by atoms with Gasteiger partial charge < -0.3 is 20.3 Å². The van der Waals surface area contributed by atoms with E-state index in [-0.39, 0.29) is 18.4 Å². The van der Waals surface area contributed by atoms with Crippen molar-refractivity contribution in [2.75, 3.05) is 40.9 Å². The van der Waals surface area contributed by atoms with Gasteiger partial charge in [0.05, 0.1) is 18.7 Å². The Hall–Kier alpha value is -1.14. The number of rotatable bonds is 6. The maximum absolute atomic E-state index is 12.0. The van der Waals surface area contributed by atoms with Gasteiger partial charge in [0.15, 0.2) is 0 Å². The summed E-state index contributed by atoms with van der Waals surface area (Å²) in [6.07, 6.45) is 0. The molecule has 6 heteroatoms. The Bertz CT molecular complexity index is 272. The molecule has 0 saturated carbocycles. The van der Waals surface area contributed by atoms with E-state index < -0.39 is 5.54 Å². The van der Waals surface area contributed by atoms with E-state index in [4.69, 9.17) is 10.5 Å². The molecule has 17 heavy (non-hydrogen) atoms. The third-order valence-corrected chi connectivity index (χ3v) is 2.23. The predicted octanol–water partition coefficient (Wildman–Crippen LogP) is -0.713. The van der Waals surface area contributed by atoms with Crippen LogP contribution in [-0.2, 0) is 14.3 Å². The maximum atomic E-state index is 12.0. The molecule has 0 aliphatic rings. The minimum Gasteiger partial charge on any atom is -0.383 e. The van der Waals surface area contributed by atoms with Crippen LogP contribution in [0.5, 0.6) is 0 Å². The first-order valence-corrected chi connectivity index (χ1v) is 5.47. The highest BCUT2D eigenvalue weighted by molar-refractivity contribution is 5.89. The fourth-order valence-electron chi connectivity index (χ4n) is 1.17. The second-order valence-electron chi connectivity index (χ2n) is 4.73. The Kier molecular flexibility index (Phi) is 6.12.